The first-order valence-electron chi connectivity index (χ1n) is 11.4. The van der Waals surface area contributed by atoms with Crippen LogP contribution in [0.25, 0.3) is 22.7 Å². The van der Waals surface area contributed by atoms with Crippen LogP contribution in [-0.4, -0.2) is 57.2 Å². The van der Waals surface area contributed by atoms with Crippen molar-refractivity contribution in [3.8, 4) is 11.5 Å². The predicted octanol–water partition coefficient (Wildman–Crippen LogP) is 5.20. The number of pyridine rings is 1. The van der Waals surface area contributed by atoms with Gasteiger partial charge in [-0.15, -0.1) is 10.2 Å². The first-order chi connectivity index (χ1) is 17.4. The van der Waals surface area contributed by atoms with Gasteiger partial charge in [0.25, 0.3) is 11.9 Å². The van der Waals surface area contributed by atoms with Crippen molar-refractivity contribution in [2.75, 3.05) is 31.1 Å². The zero-order chi connectivity index (χ0) is 26.5. The van der Waals surface area contributed by atoms with E-state index in [-0.39, 0.29) is 36.0 Å². The van der Waals surface area contributed by atoms with Crippen LogP contribution >= 0.6 is 11.6 Å². The Labute approximate surface area is 214 Å². The second-order valence-corrected chi connectivity index (χ2v) is 10.0. The number of oxazole rings is 1. The Balaban J connectivity index is 1.34. The molecule has 0 aliphatic carbocycles. The van der Waals surface area contributed by atoms with E-state index in [1.807, 2.05) is 25.7 Å². The third kappa shape index (κ3) is 4.97. The molecule has 194 valence electrons. The smallest absolute Gasteiger partial charge is 0.417 e. The summed E-state index contributed by atoms with van der Waals surface area (Å²) in [6.45, 7) is 6.75. The number of carbonyl (C=O) groups is 1. The number of benzene rings is 1. The zero-order valence-corrected chi connectivity index (χ0v) is 20.9. The van der Waals surface area contributed by atoms with E-state index in [9.17, 15) is 18.0 Å². The van der Waals surface area contributed by atoms with E-state index in [2.05, 4.69) is 20.2 Å². The Kier molecular flexibility index (Phi) is 6.09. The van der Waals surface area contributed by atoms with Gasteiger partial charge in [0.2, 0.25) is 17.4 Å². The molecule has 0 bridgehead atoms. The summed E-state index contributed by atoms with van der Waals surface area (Å²) >= 11 is 5.90. The third-order valence-electron chi connectivity index (χ3n) is 5.91. The fraction of sp³-hybridized carbons (Fsp3) is 0.375. The molecule has 1 saturated heterocycles. The van der Waals surface area contributed by atoms with E-state index in [4.69, 9.17) is 20.4 Å². The van der Waals surface area contributed by atoms with Crippen molar-refractivity contribution in [3.05, 3.63) is 52.5 Å². The van der Waals surface area contributed by atoms with Crippen LogP contribution in [0, 0.1) is 0 Å². The minimum absolute atomic E-state index is 0.0826. The fourth-order valence-electron chi connectivity index (χ4n) is 3.94. The van der Waals surface area contributed by atoms with E-state index < -0.39 is 23.1 Å². The Morgan fingerprint density at radius 2 is 1.70 bits per heavy atom. The van der Waals surface area contributed by atoms with Gasteiger partial charge in [-0.25, -0.2) is 4.98 Å². The molecule has 0 spiro atoms. The van der Waals surface area contributed by atoms with Gasteiger partial charge in [0.1, 0.15) is 5.15 Å². The summed E-state index contributed by atoms with van der Waals surface area (Å²) in [6.07, 6.45) is -4.73. The number of aromatic nitrogens is 4. The molecule has 1 aliphatic heterocycles. The number of nitrogens with zero attached hydrogens (tertiary/aromatic N) is 6. The summed E-state index contributed by atoms with van der Waals surface area (Å²) in [4.78, 5) is 24.9. The highest BCUT2D eigenvalue weighted by atomic mass is 35.5. The average molecular weight is 535 g/mol. The number of fused-ring (bicyclic) bond motifs is 1. The largest absolute Gasteiger partial charge is 0.422 e. The molecule has 0 N–H and O–H groups in total. The van der Waals surface area contributed by atoms with Crippen molar-refractivity contribution in [2.24, 2.45) is 0 Å². The molecule has 5 rings (SSSR count). The van der Waals surface area contributed by atoms with Gasteiger partial charge in [-0.2, -0.15) is 18.2 Å². The maximum atomic E-state index is 14.0. The van der Waals surface area contributed by atoms with Crippen molar-refractivity contribution < 1.29 is 26.8 Å². The SMILES string of the molecule is CC(C)(C)c1nnc(-c2ccc(C(=O)N3CCN(c4nc5nc(Cl)ccc5o4)CC3)cc2C(F)(F)F)o1. The molecular formula is C24H22ClF3N6O3. The quantitative estimate of drug-likeness (QED) is 0.330. The summed E-state index contributed by atoms with van der Waals surface area (Å²) in [5.41, 5.74) is -1.05. The lowest BCUT2D eigenvalue weighted by Gasteiger charge is -2.34. The minimum Gasteiger partial charge on any atom is -0.422 e. The highest BCUT2D eigenvalue weighted by Gasteiger charge is 2.37. The van der Waals surface area contributed by atoms with Crippen LogP contribution in [0.15, 0.2) is 39.2 Å². The number of anilines is 1. The van der Waals surface area contributed by atoms with E-state index >= 15 is 0 Å². The summed E-state index contributed by atoms with van der Waals surface area (Å²) in [5.74, 6) is -0.547. The van der Waals surface area contributed by atoms with Crippen LogP contribution in [0.2, 0.25) is 5.15 Å². The van der Waals surface area contributed by atoms with Crippen LogP contribution < -0.4 is 4.90 Å². The predicted molar refractivity (Wildman–Crippen MR) is 128 cm³/mol. The molecule has 1 fully saturated rings. The molecule has 3 aromatic heterocycles. The molecule has 0 saturated carbocycles. The summed E-state index contributed by atoms with van der Waals surface area (Å²) in [7, 11) is 0. The van der Waals surface area contributed by atoms with Gasteiger partial charge in [0.15, 0.2) is 5.58 Å². The van der Waals surface area contributed by atoms with Crippen LogP contribution in [0.5, 0.6) is 0 Å². The Morgan fingerprint density at radius 1 is 0.973 bits per heavy atom. The molecule has 1 aliphatic rings. The summed E-state index contributed by atoms with van der Waals surface area (Å²) < 4.78 is 53.1. The number of rotatable bonds is 3. The summed E-state index contributed by atoms with van der Waals surface area (Å²) in [6, 6.07) is 6.98. The van der Waals surface area contributed by atoms with Crippen molar-refractivity contribution in [2.45, 2.75) is 32.4 Å². The lowest BCUT2D eigenvalue weighted by molar-refractivity contribution is -0.137. The number of piperazine rings is 1. The van der Waals surface area contributed by atoms with Gasteiger partial charge in [-0.3, -0.25) is 4.79 Å². The minimum atomic E-state index is -4.73. The molecule has 0 atom stereocenters. The van der Waals surface area contributed by atoms with Crippen LogP contribution in [0.3, 0.4) is 0 Å². The maximum absolute atomic E-state index is 14.0. The Morgan fingerprint density at radius 3 is 2.35 bits per heavy atom. The number of alkyl halides is 3. The number of hydrogen-bond acceptors (Lipinski definition) is 8. The van der Waals surface area contributed by atoms with E-state index in [0.717, 1.165) is 6.07 Å². The zero-order valence-electron chi connectivity index (χ0n) is 20.1. The molecule has 13 heteroatoms. The number of amides is 1. The lowest BCUT2D eigenvalue weighted by Crippen LogP contribution is -2.49. The van der Waals surface area contributed by atoms with Gasteiger partial charge in [-0.05, 0) is 30.3 Å². The third-order valence-corrected chi connectivity index (χ3v) is 6.12. The standard InChI is InChI=1S/C24H22ClF3N6O3/c1-23(2,3)21-32-31-19(37-21)14-5-4-13(12-15(14)24(26,27)28)20(35)33-8-10-34(11-9-33)22-30-18-16(36-22)6-7-17(25)29-18/h4-7,12H,8-11H2,1-3H3. The molecule has 0 radical (unpaired) electrons. The monoisotopic (exact) mass is 534 g/mol. The molecule has 0 unspecified atom stereocenters. The molecule has 37 heavy (non-hydrogen) atoms. The van der Waals surface area contributed by atoms with Gasteiger partial charge in [0.05, 0.1) is 11.1 Å². The molecule has 9 nitrogen and oxygen atoms in total. The second kappa shape index (κ2) is 9.02. The van der Waals surface area contributed by atoms with Crippen molar-refractivity contribution in [1.29, 1.82) is 0 Å². The molecule has 1 amide bonds. The van der Waals surface area contributed by atoms with Gasteiger partial charge < -0.3 is 18.6 Å². The fourth-order valence-corrected chi connectivity index (χ4v) is 4.08. The number of halogens is 4. The van der Waals surface area contributed by atoms with Crippen molar-refractivity contribution >= 4 is 34.8 Å². The Bertz CT molecular complexity index is 1470. The lowest BCUT2D eigenvalue weighted by atomic mass is 9.97. The molecule has 4 heterocycles. The molecule has 1 aromatic carbocycles. The van der Waals surface area contributed by atoms with Gasteiger partial charge in [-0.1, -0.05) is 32.4 Å². The number of hydrogen-bond donors (Lipinski definition) is 0. The van der Waals surface area contributed by atoms with Crippen LogP contribution in [0.1, 0.15) is 42.6 Å². The van der Waals surface area contributed by atoms with Gasteiger partial charge >= 0.3 is 6.18 Å². The second-order valence-electron chi connectivity index (χ2n) is 9.65. The summed E-state index contributed by atoms with van der Waals surface area (Å²) in [5, 5.41) is 7.98. The maximum Gasteiger partial charge on any atom is 0.417 e. The van der Waals surface area contributed by atoms with Crippen molar-refractivity contribution in [1.82, 2.24) is 25.1 Å². The van der Waals surface area contributed by atoms with Gasteiger partial charge in [0, 0.05) is 37.2 Å². The number of carbonyl (C=O) groups excluding carboxylic acids is 1. The normalized spacial score (nSPS) is 15.0. The van der Waals surface area contributed by atoms with Crippen LogP contribution in [0.4, 0.5) is 19.2 Å². The highest BCUT2D eigenvalue weighted by molar-refractivity contribution is 6.29. The van der Waals surface area contributed by atoms with Crippen LogP contribution in [-0.2, 0) is 11.6 Å². The van der Waals surface area contributed by atoms with E-state index in [1.165, 1.54) is 17.0 Å². The topological polar surface area (TPSA) is 101 Å². The van der Waals surface area contributed by atoms with E-state index in [1.54, 1.807) is 12.1 Å². The first kappa shape index (κ1) is 25.0. The first-order valence-corrected chi connectivity index (χ1v) is 11.8. The average Bonchev–Trinajstić information content (AvgIpc) is 3.50. The molecular weight excluding hydrogens is 513 g/mol. The molecule has 4 aromatic rings. The highest BCUT2D eigenvalue weighted by Crippen LogP contribution is 2.38. The van der Waals surface area contributed by atoms with Crippen molar-refractivity contribution in [3.63, 3.8) is 0 Å². The Hall–Kier alpha value is -3.67. The van der Waals surface area contributed by atoms with E-state index in [0.29, 0.717) is 35.5 Å².